The number of unbranched alkanes of at least 4 members (excludes halogenated alkanes) is 4. The molecular weight excluding hydrogens is 194 g/mol. The van der Waals surface area contributed by atoms with Crippen LogP contribution in [0.4, 0.5) is 0 Å². The molecule has 0 aliphatic heterocycles. The Balaban J connectivity index is 2.32. The first kappa shape index (κ1) is 12.8. The summed E-state index contributed by atoms with van der Waals surface area (Å²) in [5, 5.41) is 0. The van der Waals surface area contributed by atoms with Crippen molar-refractivity contribution in [1.29, 1.82) is 0 Å². The zero-order valence-corrected chi connectivity index (χ0v) is 10.1. The number of hydrogen-bond acceptors (Lipinski definition) is 1. The van der Waals surface area contributed by atoms with Crippen LogP contribution in [0.15, 0.2) is 24.3 Å². The lowest BCUT2D eigenvalue weighted by Gasteiger charge is -1.95. The Labute approximate surface area is 99.1 Å². The monoisotopic (exact) mass is 215 g/mol. The molecule has 1 heteroatoms. The van der Waals surface area contributed by atoms with Gasteiger partial charge in [0.05, 0.1) is 0 Å². The molecule has 0 aromatic heterocycles. The SMILES string of the molecule is CCCCCCC#Cc1ccc(CN)cc1. The smallest absolute Gasteiger partial charge is 0.0245 e. The molecule has 0 radical (unpaired) electrons. The highest BCUT2D eigenvalue weighted by Gasteiger charge is 1.89. The number of hydrogen-bond donors (Lipinski definition) is 1. The summed E-state index contributed by atoms with van der Waals surface area (Å²) in [5.74, 6) is 6.40. The molecule has 1 rings (SSSR count). The maximum absolute atomic E-state index is 5.53. The fourth-order valence-electron chi connectivity index (χ4n) is 1.53. The lowest BCUT2D eigenvalue weighted by molar-refractivity contribution is 0.679. The molecule has 0 aliphatic carbocycles. The summed E-state index contributed by atoms with van der Waals surface area (Å²) in [6.45, 7) is 2.83. The van der Waals surface area contributed by atoms with E-state index in [-0.39, 0.29) is 0 Å². The molecule has 0 saturated carbocycles. The largest absolute Gasteiger partial charge is 0.326 e. The Morgan fingerprint density at radius 3 is 2.44 bits per heavy atom. The minimum absolute atomic E-state index is 0.602. The Hall–Kier alpha value is -1.26. The number of benzene rings is 1. The van der Waals surface area contributed by atoms with Gasteiger partial charge in [0.15, 0.2) is 0 Å². The fraction of sp³-hybridized carbons (Fsp3) is 0.467. The van der Waals surface area contributed by atoms with E-state index in [2.05, 4.69) is 18.8 Å². The second-order valence-corrected chi connectivity index (χ2v) is 4.01. The highest BCUT2D eigenvalue weighted by Crippen LogP contribution is 2.03. The van der Waals surface area contributed by atoms with Crippen molar-refractivity contribution in [3.05, 3.63) is 35.4 Å². The maximum Gasteiger partial charge on any atom is 0.0245 e. The summed E-state index contributed by atoms with van der Waals surface area (Å²) in [4.78, 5) is 0. The summed E-state index contributed by atoms with van der Waals surface area (Å²) in [7, 11) is 0. The van der Waals surface area contributed by atoms with Crippen LogP contribution < -0.4 is 5.73 Å². The second-order valence-electron chi connectivity index (χ2n) is 4.01. The topological polar surface area (TPSA) is 26.0 Å². The van der Waals surface area contributed by atoms with Gasteiger partial charge in [0, 0.05) is 18.5 Å². The van der Waals surface area contributed by atoms with E-state index in [4.69, 9.17) is 5.73 Å². The van der Waals surface area contributed by atoms with E-state index in [9.17, 15) is 0 Å². The van der Waals surface area contributed by atoms with Crippen LogP contribution in [0.25, 0.3) is 0 Å². The van der Waals surface area contributed by atoms with Gasteiger partial charge in [-0.3, -0.25) is 0 Å². The second kappa shape index (κ2) is 7.96. The molecular formula is C15H21N. The van der Waals surface area contributed by atoms with Crippen LogP contribution in [-0.2, 0) is 6.54 Å². The zero-order chi connectivity index (χ0) is 11.6. The van der Waals surface area contributed by atoms with Crippen molar-refractivity contribution in [1.82, 2.24) is 0 Å². The van der Waals surface area contributed by atoms with E-state index in [0.717, 1.165) is 17.5 Å². The molecule has 1 aromatic rings. The van der Waals surface area contributed by atoms with E-state index >= 15 is 0 Å². The third-order valence-electron chi connectivity index (χ3n) is 2.58. The Kier molecular flexibility index (Phi) is 6.37. The molecule has 0 fully saturated rings. The molecule has 16 heavy (non-hydrogen) atoms. The molecule has 1 aromatic carbocycles. The lowest BCUT2D eigenvalue weighted by atomic mass is 10.1. The summed E-state index contributed by atoms with van der Waals surface area (Å²) in [6.07, 6.45) is 6.15. The fourth-order valence-corrected chi connectivity index (χ4v) is 1.53. The summed E-state index contributed by atoms with van der Waals surface area (Å²) in [5.41, 5.74) is 7.78. The third-order valence-corrected chi connectivity index (χ3v) is 2.58. The Morgan fingerprint density at radius 1 is 1.06 bits per heavy atom. The van der Waals surface area contributed by atoms with E-state index in [0.29, 0.717) is 6.54 Å². The van der Waals surface area contributed by atoms with Gasteiger partial charge in [-0.25, -0.2) is 0 Å². The molecule has 0 heterocycles. The Bertz CT molecular complexity index is 340. The van der Waals surface area contributed by atoms with Crippen LogP contribution >= 0.6 is 0 Å². The van der Waals surface area contributed by atoms with Crippen molar-refractivity contribution in [2.24, 2.45) is 5.73 Å². The average Bonchev–Trinajstić information content (AvgIpc) is 2.34. The highest BCUT2D eigenvalue weighted by molar-refractivity contribution is 5.36. The molecule has 0 spiro atoms. The first-order valence-electron chi connectivity index (χ1n) is 6.14. The van der Waals surface area contributed by atoms with Crippen LogP contribution in [0.2, 0.25) is 0 Å². The highest BCUT2D eigenvalue weighted by atomic mass is 14.5. The summed E-state index contributed by atoms with van der Waals surface area (Å²) >= 11 is 0. The van der Waals surface area contributed by atoms with Crippen molar-refractivity contribution in [3.8, 4) is 11.8 Å². The van der Waals surface area contributed by atoms with Gasteiger partial charge in [0.2, 0.25) is 0 Å². The van der Waals surface area contributed by atoms with Crippen molar-refractivity contribution >= 4 is 0 Å². The van der Waals surface area contributed by atoms with Crippen molar-refractivity contribution in [2.45, 2.75) is 45.6 Å². The first-order valence-corrected chi connectivity index (χ1v) is 6.14. The van der Waals surface area contributed by atoms with Crippen molar-refractivity contribution < 1.29 is 0 Å². The molecule has 0 bridgehead atoms. The van der Waals surface area contributed by atoms with Gasteiger partial charge in [-0.1, -0.05) is 50.2 Å². The standard InChI is InChI=1S/C15H21N/c1-2-3-4-5-6-7-8-14-9-11-15(13-16)12-10-14/h9-12H,2-6,13,16H2,1H3. The van der Waals surface area contributed by atoms with E-state index in [1.165, 1.54) is 25.7 Å². The predicted octanol–water partition coefficient (Wildman–Crippen LogP) is 3.47. The van der Waals surface area contributed by atoms with Gasteiger partial charge in [-0.2, -0.15) is 0 Å². The van der Waals surface area contributed by atoms with Gasteiger partial charge in [-0.15, -0.1) is 0 Å². The first-order chi connectivity index (χ1) is 7.86. The maximum atomic E-state index is 5.53. The minimum Gasteiger partial charge on any atom is -0.326 e. The van der Waals surface area contributed by atoms with Gasteiger partial charge >= 0.3 is 0 Å². The molecule has 0 unspecified atom stereocenters. The Morgan fingerprint density at radius 2 is 1.81 bits per heavy atom. The van der Waals surface area contributed by atoms with Gasteiger partial charge in [0.25, 0.3) is 0 Å². The summed E-state index contributed by atoms with van der Waals surface area (Å²) < 4.78 is 0. The van der Waals surface area contributed by atoms with E-state index < -0.39 is 0 Å². The molecule has 2 N–H and O–H groups in total. The van der Waals surface area contributed by atoms with E-state index in [1.807, 2.05) is 24.3 Å². The summed E-state index contributed by atoms with van der Waals surface area (Å²) in [6, 6.07) is 8.17. The zero-order valence-electron chi connectivity index (χ0n) is 10.1. The molecule has 1 nitrogen and oxygen atoms in total. The number of rotatable bonds is 5. The van der Waals surface area contributed by atoms with Crippen LogP contribution in [0.1, 0.15) is 50.2 Å². The predicted molar refractivity (Wildman–Crippen MR) is 70.0 cm³/mol. The van der Waals surface area contributed by atoms with E-state index in [1.54, 1.807) is 0 Å². The van der Waals surface area contributed by atoms with Crippen LogP contribution in [0.3, 0.4) is 0 Å². The third kappa shape index (κ3) is 5.00. The minimum atomic E-state index is 0.602. The molecule has 86 valence electrons. The van der Waals surface area contributed by atoms with Crippen LogP contribution in [0, 0.1) is 11.8 Å². The normalized spacial score (nSPS) is 9.62. The molecule has 0 aliphatic rings. The molecule has 0 amide bonds. The van der Waals surface area contributed by atoms with Crippen LogP contribution in [0.5, 0.6) is 0 Å². The quantitative estimate of drug-likeness (QED) is 0.590. The molecule has 0 atom stereocenters. The van der Waals surface area contributed by atoms with Gasteiger partial charge < -0.3 is 5.73 Å². The van der Waals surface area contributed by atoms with Gasteiger partial charge in [-0.05, 0) is 24.1 Å². The van der Waals surface area contributed by atoms with Crippen molar-refractivity contribution in [3.63, 3.8) is 0 Å². The van der Waals surface area contributed by atoms with Crippen LogP contribution in [-0.4, -0.2) is 0 Å². The van der Waals surface area contributed by atoms with Crippen molar-refractivity contribution in [2.75, 3.05) is 0 Å². The average molecular weight is 215 g/mol. The number of nitrogens with two attached hydrogens (primary N) is 1. The van der Waals surface area contributed by atoms with Gasteiger partial charge in [0.1, 0.15) is 0 Å². The lowest BCUT2D eigenvalue weighted by Crippen LogP contribution is -1.95. The molecule has 0 saturated heterocycles.